The molecule has 22 heavy (non-hydrogen) atoms. The van der Waals surface area contributed by atoms with Crippen LogP contribution in [0, 0.1) is 0 Å². The molecular formula is C16H16N4O2. The second kappa shape index (κ2) is 5.85. The lowest BCUT2D eigenvalue weighted by atomic mass is 10.1. The summed E-state index contributed by atoms with van der Waals surface area (Å²) in [7, 11) is 3.33. The molecule has 0 fully saturated rings. The predicted molar refractivity (Wildman–Crippen MR) is 82.7 cm³/mol. The summed E-state index contributed by atoms with van der Waals surface area (Å²) in [5, 5.41) is 0. The second-order valence-corrected chi connectivity index (χ2v) is 4.97. The lowest BCUT2D eigenvalue weighted by molar-refractivity contribution is 0.0784. The number of hydrogen-bond donors (Lipinski definition) is 1. The molecule has 3 rings (SSSR count). The molecule has 2 heterocycles. The molecular weight excluding hydrogens is 280 g/mol. The van der Waals surface area contributed by atoms with Gasteiger partial charge >= 0.3 is 0 Å². The molecule has 0 bridgehead atoms. The number of nitrogens with one attached hydrogen (secondary N) is 1. The second-order valence-electron chi connectivity index (χ2n) is 4.97. The van der Waals surface area contributed by atoms with Gasteiger partial charge in [-0.3, -0.25) is 4.79 Å². The first kappa shape index (κ1) is 14.1. The summed E-state index contributed by atoms with van der Waals surface area (Å²) < 4.78 is 5.22. The smallest absolute Gasteiger partial charge is 0.253 e. The van der Waals surface area contributed by atoms with Crippen molar-refractivity contribution in [2.24, 2.45) is 0 Å². The van der Waals surface area contributed by atoms with Crippen molar-refractivity contribution in [3.63, 3.8) is 0 Å². The third-order valence-electron chi connectivity index (χ3n) is 3.46. The van der Waals surface area contributed by atoms with E-state index in [0.29, 0.717) is 18.0 Å². The fourth-order valence-corrected chi connectivity index (χ4v) is 2.34. The number of imidazole rings is 1. The zero-order chi connectivity index (χ0) is 15.5. The highest BCUT2D eigenvalue weighted by molar-refractivity contribution is 5.97. The molecule has 6 heteroatoms. The number of aromatic nitrogens is 3. The molecule has 0 saturated heterocycles. The van der Waals surface area contributed by atoms with Crippen LogP contribution in [0.15, 0.2) is 42.9 Å². The van der Waals surface area contributed by atoms with Crippen LogP contribution in [-0.4, -0.2) is 39.9 Å². The number of rotatable bonds is 4. The molecule has 1 amide bonds. The van der Waals surface area contributed by atoms with E-state index >= 15 is 0 Å². The summed E-state index contributed by atoms with van der Waals surface area (Å²) in [5.74, 6) is 0.466. The molecule has 0 saturated carbocycles. The van der Waals surface area contributed by atoms with Crippen molar-refractivity contribution in [1.29, 1.82) is 0 Å². The molecule has 0 atom stereocenters. The largest absolute Gasteiger partial charge is 0.481 e. The SMILES string of the molecule is COc1ncccc1CN(C)C(=O)c1ccc2nc[nH]c2c1. The highest BCUT2D eigenvalue weighted by Crippen LogP contribution is 2.18. The number of H-pyrrole nitrogens is 1. The van der Waals surface area contributed by atoms with Gasteiger partial charge in [0, 0.05) is 24.4 Å². The molecule has 0 aliphatic carbocycles. The number of benzene rings is 1. The quantitative estimate of drug-likeness (QED) is 0.801. The van der Waals surface area contributed by atoms with E-state index in [1.54, 1.807) is 37.6 Å². The van der Waals surface area contributed by atoms with Gasteiger partial charge in [0.2, 0.25) is 5.88 Å². The highest BCUT2D eigenvalue weighted by Gasteiger charge is 2.15. The van der Waals surface area contributed by atoms with Crippen molar-refractivity contribution in [3.05, 3.63) is 54.0 Å². The van der Waals surface area contributed by atoms with E-state index in [1.165, 1.54) is 0 Å². The Hall–Kier alpha value is -2.89. The summed E-state index contributed by atoms with van der Waals surface area (Å²) in [6.45, 7) is 0.427. The lowest BCUT2D eigenvalue weighted by Crippen LogP contribution is -2.26. The van der Waals surface area contributed by atoms with Gasteiger partial charge in [-0.05, 0) is 24.3 Å². The Bertz CT molecular complexity index is 813. The number of aromatic amines is 1. The van der Waals surface area contributed by atoms with Crippen molar-refractivity contribution in [2.75, 3.05) is 14.2 Å². The Kier molecular flexibility index (Phi) is 3.74. The summed E-state index contributed by atoms with van der Waals surface area (Å²) in [4.78, 5) is 25.5. The van der Waals surface area contributed by atoms with Crippen LogP contribution in [0.4, 0.5) is 0 Å². The van der Waals surface area contributed by atoms with Gasteiger partial charge in [-0.1, -0.05) is 6.07 Å². The maximum atomic E-state index is 12.5. The molecule has 0 spiro atoms. The number of fused-ring (bicyclic) bond motifs is 1. The number of nitrogens with zero attached hydrogens (tertiary/aromatic N) is 3. The number of carbonyl (C=O) groups excluding carboxylic acids is 1. The minimum Gasteiger partial charge on any atom is -0.481 e. The average Bonchev–Trinajstić information content (AvgIpc) is 3.02. The van der Waals surface area contributed by atoms with Crippen molar-refractivity contribution in [3.8, 4) is 5.88 Å². The van der Waals surface area contributed by atoms with Gasteiger partial charge < -0.3 is 14.6 Å². The first-order valence-electron chi connectivity index (χ1n) is 6.85. The van der Waals surface area contributed by atoms with Crippen LogP contribution in [0.3, 0.4) is 0 Å². The van der Waals surface area contributed by atoms with Gasteiger partial charge in [0.1, 0.15) is 0 Å². The van der Waals surface area contributed by atoms with Crippen LogP contribution in [0.2, 0.25) is 0 Å². The summed E-state index contributed by atoms with van der Waals surface area (Å²) in [5.41, 5.74) is 3.16. The molecule has 1 N–H and O–H groups in total. The zero-order valence-corrected chi connectivity index (χ0v) is 12.4. The normalized spacial score (nSPS) is 10.6. The number of amides is 1. The number of methoxy groups -OCH3 is 1. The van der Waals surface area contributed by atoms with E-state index in [4.69, 9.17) is 4.74 Å². The van der Waals surface area contributed by atoms with Crippen LogP contribution < -0.4 is 4.74 Å². The van der Waals surface area contributed by atoms with Gasteiger partial charge in [-0.25, -0.2) is 9.97 Å². The Morgan fingerprint density at radius 2 is 2.18 bits per heavy atom. The van der Waals surface area contributed by atoms with Gasteiger partial charge in [0.05, 0.1) is 31.0 Å². The van der Waals surface area contributed by atoms with Crippen molar-refractivity contribution in [1.82, 2.24) is 19.9 Å². The number of pyridine rings is 1. The number of ether oxygens (including phenoxy) is 1. The van der Waals surface area contributed by atoms with Gasteiger partial charge in [0.25, 0.3) is 5.91 Å². The first-order valence-corrected chi connectivity index (χ1v) is 6.85. The Balaban J connectivity index is 1.81. The highest BCUT2D eigenvalue weighted by atomic mass is 16.5. The van der Waals surface area contributed by atoms with Crippen LogP contribution in [0.5, 0.6) is 5.88 Å². The molecule has 0 radical (unpaired) electrons. The summed E-state index contributed by atoms with van der Waals surface area (Å²) >= 11 is 0. The van der Waals surface area contributed by atoms with Gasteiger partial charge in [0.15, 0.2) is 0 Å². The standard InChI is InChI=1S/C16H16N4O2/c1-20(9-12-4-3-7-17-15(12)22-2)16(21)11-5-6-13-14(8-11)19-10-18-13/h3-8,10H,9H2,1-2H3,(H,18,19). The van der Waals surface area contributed by atoms with Crippen LogP contribution in [0.25, 0.3) is 11.0 Å². The maximum absolute atomic E-state index is 12.5. The van der Waals surface area contributed by atoms with Crippen molar-refractivity contribution in [2.45, 2.75) is 6.54 Å². The van der Waals surface area contributed by atoms with E-state index in [9.17, 15) is 4.79 Å². The third-order valence-corrected chi connectivity index (χ3v) is 3.46. The van der Waals surface area contributed by atoms with E-state index in [0.717, 1.165) is 16.6 Å². The van der Waals surface area contributed by atoms with Crippen molar-refractivity contribution < 1.29 is 9.53 Å². The molecule has 1 aromatic carbocycles. The van der Waals surface area contributed by atoms with Crippen LogP contribution in [-0.2, 0) is 6.54 Å². The average molecular weight is 296 g/mol. The molecule has 0 aliphatic heterocycles. The number of hydrogen-bond acceptors (Lipinski definition) is 4. The first-order chi connectivity index (χ1) is 10.7. The third kappa shape index (κ3) is 2.63. The molecule has 2 aromatic heterocycles. The molecule has 3 aromatic rings. The van der Waals surface area contributed by atoms with E-state index < -0.39 is 0 Å². The predicted octanol–water partition coefficient (Wildman–Crippen LogP) is 2.24. The lowest BCUT2D eigenvalue weighted by Gasteiger charge is -2.18. The van der Waals surface area contributed by atoms with Crippen LogP contribution >= 0.6 is 0 Å². The minimum atomic E-state index is -0.0672. The summed E-state index contributed by atoms with van der Waals surface area (Å²) in [6, 6.07) is 9.14. The van der Waals surface area contributed by atoms with Crippen molar-refractivity contribution >= 4 is 16.9 Å². The van der Waals surface area contributed by atoms with E-state index in [2.05, 4.69) is 15.0 Å². The fraction of sp³-hybridized carbons (Fsp3) is 0.188. The zero-order valence-electron chi connectivity index (χ0n) is 12.4. The minimum absolute atomic E-state index is 0.0672. The molecule has 112 valence electrons. The van der Waals surface area contributed by atoms with E-state index in [1.807, 2.05) is 24.3 Å². The molecule has 0 aliphatic rings. The Morgan fingerprint density at radius 3 is 3.00 bits per heavy atom. The van der Waals surface area contributed by atoms with Gasteiger partial charge in [-0.2, -0.15) is 0 Å². The molecule has 6 nitrogen and oxygen atoms in total. The monoisotopic (exact) mass is 296 g/mol. The number of carbonyl (C=O) groups is 1. The van der Waals surface area contributed by atoms with E-state index in [-0.39, 0.29) is 5.91 Å². The maximum Gasteiger partial charge on any atom is 0.253 e. The van der Waals surface area contributed by atoms with Crippen LogP contribution in [0.1, 0.15) is 15.9 Å². The topological polar surface area (TPSA) is 71.1 Å². The Labute approximate surface area is 127 Å². The summed E-state index contributed by atoms with van der Waals surface area (Å²) in [6.07, 6.45) is 3.28. The Morgan fingerprint density at radius 1 is 1.32 bits per heavy atom. The molecule has 0 unspecified atom stereocenters. The fourth-order valence-electron chi connectivity index (χ4n) is 2.34. The van der Waals surface area contributed by atoms with Gasteiger partial charge in [-0.15, -0.1) is 0 Å².